The summed E-state index contributed by atoms with van der Waals surface area (Å²) in [7, 11) is 0. The highest BCUT2D eigenvalue weighted by Crippen LogP contribution is 2.36. The van der Waals surface area contributed by atoms with Crippen LogP contribution >= 0.6 is 0 Å². The summed E-state index contributed by atoms with van der Waals surface area (Å²) in [6, 6.07) is 10.9. The van der Waals surface area contributed by atoms with E-state index in [4.69, 9.17) is 10.5 Å². The van der Waals surface area contributed by atoms with Crippen LogP contribution in [0.25, 0.3) is 0 Å². The summed E-state index contributed by atoms with van der Waals surface area (Å²) in [5, 5.41) is 3.02. The number of aliphatic imine (C=N–C) groups is 1. The zero-order valence-corrected chi connectivity index (χ0v) is 23.2. The van der Waals surface area contributed by atoms with Crippen LogP contribution in [0.1, 0.15) is 48.9 Å². The molecule has 3 atom stereocenters. The summed E-state index contributed by atoms with van der Waals surface area (Å²) < 4.78 is 83.9. The van der Waals surface area contributed by atoms with E-state index < -0.39 is 42.2 Å². The Bertz CT molecular complexity index is 1120. The van der Waals surface area contributed by atoms with Gasteiger partial charge in [0.1, 0.15) is 0 Å². The molecule has 12 heteroatoms. The topological polar surface area (TPSA) is 79.9 Å². The number of halogens is 6. The van der Waals surface area contributed by atoms with Gasteiger partial charge in [0.2, 0.25) is 5.91 Å². The molecule has 3 N–H and O–H groups in total. The Morgan fingerprint density at radius 2 is 1.73 bits per heavy atom. The molecular weight excluding hydrogens is 550 g/mol. The minimum absolute atomic E-state index is 0.0792. The Morgan fingerprint density at radius 1 is 1.12 bits per heavy atom. The van der Waals surface area contributed by atoms with E-state index in [0.717, 1.165) is 0 Å². The summed E-state index contributed by atoms with van der Waals surface area (Å²) in [6.07, 6.45) is -5.11. The van der Waals surface area contributed by atoms with Crippen molar-refractivity contribution < 1.29 is 35.9 Å². The smallest absolute Gasteiger partial charge is 0.405 e. The molecule has 1 aliphatic rings. The highest BCUT2D eigenvalue weighted by atomic mass is 19.4. The zero-order valence-electron chi connectivity index (χ0n) is 23.2. The molecule has 1 heterocycles. The van der Waals surface area contributed by atoms with E-state index in [0.29, 0.717) is 25.0 Å². The quantitative estimate of drug-likeness (QED) is 0.275. The molecule has 2 aromatic rings. The van der Waals surface area contributed by atoms with E-state index in [1.807, 2.05) is 32.0 Å². The van der Waals surface area contributed by atoms with Crippen molar-refractivity contribution in [3.05, 3.63) is 83.1 Å². The van der Waals surface area contributed by atoms with Gasteiger partial charge in [0, 0.05) is 18.8 Å². The van der Waals surface area contributed by atoms with Gasteiger partial charge in [-0.1, -0.05) is 42.8 Å². The number of alkyl halides is 6. The lowest BCUT2D eigenvalue weighted by Gasteiger charge is -2.26. The molecule has 1 aliphatic heterocycles. The highest BCUT2D eigenvalue weighted by Gasteiger charge is 2.38. The molecule has 226 valence electrons. The first-order valence-electron chi connectivity index (χ1n) is 13.1. The fourth-order valence-electron chi connectivity index (χ4n) is 4.19. The van der Waals surface area contributed by atoms with Crippen molar-refractivity contribution in [1.82, 2.24) is 10.2 Å². The number of allylic oxidation sites excluding steroid dienone is 1. The second-order valence-corrected chi connectivity index (χ2v) is 9.62. The maximum absolute atomic E-state index is 13.1. The summed E-state index contributed by atoms with van der Waals surface area (Å²) in [5.74, 6) is -0.177. The molecule has 0 spiro atoms. The highest BCUT2D eigenvalue weighted by molar-refractivity contribution is 5.82. The van der Waals surface area contributed by atoms with Gasteiger partial charge in [-0.2, -0.15) is 26.3 Å². The number of nitrogens with one attached hydrogen (secondary N) is 1. The standard InChI is InChI=1S/C22H28F6N4O2.C7H8/c1-3-19(31-13-30-6-4-5-29)20(33)32-11-18(7-14(32)2)34-12-15-8-16(21(23,24)25)10-17(9-15)22(26,27)28;1-7-5-3-2-4-6-7/h4-6,8-10,14,18-19,31H,3,7,11-13,29H2,1-2H3;2-6H,1H3/b5-4-,30-6-;. The molecule has 3 rings (SSSR count). The fourth-order valence-corrected chi connectivity index (χ4v) is 4.19. The normalized spacial score (nSPS) is 18.5. The van der Waals surface area contributed by atoms with E-state index in [-0.39, 0.29) is 36.8 Å². The molecule has 6 nitrogen and oxygen atoms in total. The van der Waals surface area contributed by atoms with E-state index in [2.05, 4.69) is 29.4 Å². The Hall–Kier alpha value is -3.38. The van der Waals surface area contributed by atoms with Crippen LogP contribution in [0.5, 0.6) is 0 Å². The Labute approximate surface area is 236 Å². The van der Waals surface area contributed by atoms with Gasteiger partial charge in [-0.05, 0) is 62.7 Å². The maximum atomic E-state index is 13.1. The average Bonchev–Trinajstić information content (AvgIpc) is 3.29. The summed E-state index contributed by atoms with van der Waals surface area (Å²) in [6.45, 7) is 5.67. The number of carbonyl (C=O) groups excluding carboxylic acids is 1. The monoisotopic (exact) mass is 586 g/mol. The minimum Gasteiger partial charge on any atom is -0.405 e. The lowest BCUT2D eigenvalue weighted by atomic mass is 10.1. The van der Waals surface area contributed by atoms with Crippen LogP contribution in [0, 0.1) is 6.92 Å². The largest absolute Gasteiger partial charge is 0.416 e. The summed E-state index contributed by atoms with van der Waals surface area (Å²) in [4.78, 5) is 18.6. The van der Waals surface area contributed by atoms with Crippen LogP contribution in [0.3, 0.4) is 0 Å². The van der Waals surface area contributed by atoms with Crippen molar-refractivity contribution in [3.8, 4) is 0 Å². The number of amides is 1. The van der Waals surface area contributed by atoms with Crippen molar-refractivity contribution in [2.45, 2.75) is 70.8 Å². The SMILES string of the molecule is CCC(NC/N=C\C=C/N)C(=O)N1CC(OCc2cc(C(F)(F)F)cc(C(F)(F)F)c2)CC1C.Cc1ccccc1. The van der Waals surface area contributed by atoms with Gasteiger partial charge in [-0.25, -0.2) is 0 Å². The number of rotatable bonds is 9. The van der Waals surface area contributed by atoms with Crippen molar-refractivity contribution in [1.29, 1.82) is 0 Å². The number of nitrogens with two attached hydrogens (primary N) is 1. The van der Waals surface area contributed by atoms with Crippen LogP contribution < -0.4 is 11.1 Å². The van der Waals surface area contributed by atoms with E-state index in [1.165, 1.54) is 24.1 Å². The average molecular weight is 587 g/mol. The number of hydrogen-bond acceptors (Lipinski definition) is 5. The second-order valence-electron chi connectivity index (χ2n) is 9.62. The van der Waals surface area contributed by atoms with Crippen molar-refractivity contribution in [2.24, 2.45) is 10.7 Å². The number of hydrogen-bond donors (Lipinski definition) is 2. The van der Waals surface area contributed by atoms with Gasteiger partial charge in [0.15, 0.2) is 0 Å². The molecule has 0 aliphatic carbocycles. The maximum Gasteiger partial charge on any atom is 0.416 e. The Kier molecular flexibility index (Phi) is 12.8. The van der Waals surface area contributed by atoms with Gasteiger partial charge < -0.3 is 15.4 Å². The third-order valence-corrected chi connectivity index (χ3v) is 6.33. The van der Waals surface area contributed by atoms with Crippen LogP contribution in [-0.4, -0.2) is 48.4 Å². The number of likely N-dealkylation sites (tertiary alicyclic amines) is 1. The summed E-state index contributed by atoms with van der Waals surface area (Å²) in [5.41, 5.74) is 3.51. The van der Waals surface area contributed by atoms with Crippen LogP contribution in [0.2, 0.25) is 0 Å². The number of ether oxygens (including phenoxy) is 1. The first-order valence-corrected chi connectivity index (χ1v) is 13.1. The van der Waals surface area contributed by atoms with E-state index >= 15 is 0 Å². The predicted molar refractivity (Wildman–Crippen MR) is 146 cm³/mol. The van der Waals surface area contributed by atoms with Crippen molar-refractivity contribution in [2.75, 3.05) is 13.2 Å². The third-order valence-electron chi connectivity index (χ3n) is 6.33. The molecule has 0 saturated carbocycles. The van der Waals surface area contributed by atoms with Crippen LogP contribution in [0.15, 0.2) is 65.8 Å². The molecule has 41 heavy (non-hydrogen) atoms. The molecule has 1 saturated heterocycles. The van der Waals surface area contributed by atoms with Gasteiger partial charge >= 0.3 is 12.4 Å². The molecular formula is C29H36F6N4O2. The molecule has 0 aromatic heterocycles. The zero-order chi connectivity index (χ0) is 30.6. The number of carbonyl (C=O) groups is 1. The van der Waals surface area contributed by atoms with E-state index in [9.17, 15) is 31.1 Å². The van der Waals surface area contributed by atoms with Gasteiger partial charge in [-0.15, -0.1) is 0 Å². The molecule has 0 bridgehead atoms. The first-order chi connectivity index (χ1) is 19.3. The molecule has 0 radical (unpaired) electrons. The van der Waals surface area contributed by atoms with Crippen LogP contribution in [0.4, 0.5) is 26.3 Å². The second kappa shape index (κ2) is 15.6. The lowest BCUT2D eigenvalue weighted by molar-refractivity contribution is -0.143. The first kappa shape index (κ1) is 33.8. The number of aryl methyl sites for hydroxylation is 1. The predicted octanol–water partition coefficient (Wildman–Crippen LogP) is 6.09. The van der Waals surface area contributed by atoms with Gasteiger partial charge in [-0.3, -0.25) is 15.1 Å². The van der Waals surface area contributed by atoms with Gasteiger partial charge in [0.25, 0.3) is 0 Å². The minimum atomic E-state index is -4.92. The third kappa shape index (κ3) is 11.2. The fraction of sp³-hybridized carbons (Fsp3) is 0.448. The Morgan fingerprint density at radius 3 is 2.22 bits per heavy atom. The molecule has 1 amide bonds. The molecule has 1 fully saturated rings. The lowest BCUT2D eigenvalue weighted by Crippen LogP contribution is -2.47. The summed E-state index contributed by atoms with van der Waals surface area (Å²) >= 11 is 0. The molecule has 2 aromatic carbocycles. The van der Waals surface area contributed by atoms with Crippen LogP contribution in [-0.2, 0) is 28.5 Å². The number of nitrogens with zero attached hydrogens (tertiary/aromatic N) is 2. The van der Waals surface area contributed by atoms with Crippen molar-refractivity contribution >= 4 is 12.1 Å². The molecule has 3 unspecified atom stereocenters. The number of benzene rings is 2. The van der Waals surface area contributed by atoms with E-state index in [1.54, 1.807) is 4.90 Å². The Balaban J connectivity index is 0.000000729. The van der Waals surface area contributed by atoms with Gasteiger partial charge in [0.05, 0.1) is 36.5 Å². The van der Waals surface area contributed by atoms with Crippen molar-refractivity contribution in [3.63, 3.8) is 0 Å².